The molecule has 1 amide bonds. The first-order valence-electron chi connectivity index (χ1n) is 8.74. The molecule has 132 valence electrons. The lowest BCUT2D eigenvalue weighted by Crippen LogP contribution is -2.64. The van der Waals surface area contributed by atoms with E-state index >= 15 is 0 Å². The number of nitrogens with zero attached hydrogens (tertiary/aromatic N) is 5. The fraction of sp³-hybridized carbons (Fsp3) is 0.500. The maximum absolute atomic E-state index is 12.5. The second-order valence-electron chi connectivity index (χ2n) is 6.76. The molecule has 4 rings (SSSR count). The summed E-state index contributed by atoms with van der Waals surface area (Å²) in [6, 6.07) is 4.13. The summed E-state index contributed by atoms with van der Waals surface area (Å²) in [7, 11) is 0. The van der Waals surface area contributed by atoms with Crippen LogP contribution in [0.3, 0.4) is 0 Å². The predicted octanol–water partition coefficient (Wildman–Crippen LogP) is 1.33. The Morgan fingerprint density at radius 1 is 1.12 bits per heavy atom. The van der Waals surface area contributed by atoms with E-state index < -0.39 is 0 Å². The van der Waals surface area contributed by atoms with E-state index in [1.54, 1.807) is 12.4 Å². The minimum atomic E-state index is 0.0851. The highest BCUT2D eigenvalue weighted by atomic mass is 16.3. The number of furan rings is 1. The molecule has 0 bridgehead atoms. The van der Waals surface area contributed by atoms with E-state index in [-0.39, 0.29) is 5.91 Å². The van der Waals surface area contributed by atoms with E-state index in [9.17, 15) is 4.79 Å². The molecule has 0 aromatic carbocycles. The van der Waals surface area contributed by atoms with Gasteiger partial charge in [0.25, 0.3) is 5.91 Å². The van der Waals surface area contributed by atoms with Gasteiger partial charge in [0.2, 0.25) is 5.95 Å². The van der Waals surface area contributed by atoms with E-state index in [1.807, 2.05) is 30.9 Å². The molecule has 0 aliphatic carbocycles. The van der Waals surface area contributed by atoms with Gasteiger partial charge in [0.05, 0.1) is 5.56 Å². The molecule has 2 fully saturated rings. The maximum atomic E-state index is 12.5. The van der Waals surface area contributed by atoms with Crippen molar-refractivity contribution in [3.05, 3.63) is 41.6 Å². The van der Waals surface area contributed by atoms with Gasteiger partial charge in [0.1, 0.15) is 11.5 Å². The predicted molar refractivity (Wildman–Crippen MR) is 93.7 cm³/mol. The summed E-state index contributed by atoms with van der Waals surface area (Å²) in [6.07, 6.45) is 3.56. The largest absolute Gasteiger partial charge is 0.466 e. The van der Waals surface area contributed by atoms with Gasteiger partial charge in [-0.25, -0.2) is 9.97 Å². The Bertz CT molecular complexity index is 746. The monoisotopic (exact) mass is 341 g/mol. The van der Waals surface area contributed by atoms with Gasteiger partial charge in [-0.3, -0.25) is 9.69 Å². The van der Waals surface area contributed by atoms with E-state index in [0.29, 0.717) is 17.4 Å². The second-order valence-corrected chi connectivity index (χ2v) is 6.76. The Kier molecular flexibility index (Phi) is 4.17. The molecule has 0 spiro atoms. The number of piperazine rings is 1. The molecule has 2 aliphatic heterocycles. The third kappa shape index (κ3) is 3.11. The van der Waals surface area contributed by atoms with Crippen LogP contribution in [0.2, 0.25) is 0 Å². The molecule has 2 aliphatic rings. The van der Waals surface area contributed by atoms with Crippen molar-refractivity contribution in [2.45, 2.75) is 19.9 Å². The number of aryl methyl sites for hydroxylation is 2. The Labute approximate surface area is 147 Å². The van der Waals surface area contributed by atoms with Crippen molar-refractivity contribution in [2.24, 2.45) is 0 Å². The quantitative estimate of drug-likeness (QED) is 0.839. The molecule has 0 N–H and O–H groups in total. The zero-order valence-electron chi connectivity index (χ0n) is 14.7. The highest BCUT2D eigenvalue weighted by molar-refractivity contribution is 5.95. The van der Waals surface area contributed by atoms with Gasteiger partial charge in [-0.2, -0.15) is 0 Å². The Morgan fingerprint density at radius 3 is 2.40 bits per heavy atom. The van der Waals surface area contributed by atoms with Crippen LogP contribution in [0.25, 0.3) is 0 Å². The highest BCUT2D eigenvalue weighted by Crippen LogP contribution is 2.23. The average molecular weight is 341 g/mol. The Balaban J connectivity index is 1.29. The van der Waals surface area contributed by atoms with Gasteiger partial charge >= 0.3 is 0 Å². The van der Waals surface area contributed by atoms with Crippen molar-refractivity contribution in [3.8, 4) is 0 Å². The van der Waals surface area contributed by atoms with Crippen LogP contribution in [0.4, 0.5) is 5.95 Å². The molecule has 4 heterocycles. The molecule has 0 radical (unpaired) electrons. The molecule has 0 unspecified atom stereocenters. The number of aromatic nitrogens is 2. The SMILES string of the molecule is Cc1cc(C(=O)N2CC(N3CCN(c4ncccn4)CC3)C2)c(C)o1. The van der Waals surface area contributed by atoms with Crippen molar-refractivity contribution in [3.63, 3.8) is 0 Å². The summed E-state index contributed by atoms with van der Waals surface area (Å²) in [6.45, 7) is 9.13. The summed E-state index contributed by atoms with van der Waals surface area (Å²) in [5.74, 6) is 2.39. The lowest BCUT2D eigenvalue weighted by atomic mass is 10.0. The van der Waals surface area contributed by atoms with E-state index in [0.717, 1.165) is 51.0 Å². The molecule has 2 saturated heterocycles. The number of likely N-dealkylation sites (tertiary alicyclic amines) is 1. The van der Waals surface area contributed by atoms with Crippen LogP contribution in [0, 0.1) is 13.8 Å². The first-order chi connectivity index (χ1) is 12.1. The van der Waals surface area contributed by atoms with E-state index in [4.69, 9.17) is 4.42 Å². The fourth-order valence-corrected chi connectivity index (χ4v) is 3.61. The lowest BCUT2D eigenvalue weighted by Gasteiger charge is -2.48. The molecular formula is C18H23N5O2. The number of amides is 1. The number of anilines is 1. The van der Waals surface area contributed by atoms with Crippen molar-refractivity contribution < 1.29 is 9.21 Å². The molecule has 7 nitrogen and oxygen atoms in total. The van der Waals surface area contributed by atoms with Crippen LogP contribution in [-0.2, 0) is 0 Å². The number of carbonyl (C=O) groups excluding carboxylic acids is 1. The van der Waals surface area contributed by atoms with Crippen LogP contribution in [-0.4, -0.2) is 71.0 Å². The highest BCUT2D eigenvalue weighted by Gasteiger charge is 2.37. The van der Waals surface area contributed by atoms with Crippen molar-refractivity contribution in [2.75, 3.05) is 44.2 Å². The van der Waals surface area contributed by atoms with Gasteiger partial charge in [0.15, 0.2) is 0 Å². The zero-order chi connectivity index (χ0) is 17.4. The topological polar surface area (TPSA) is 65.7 Å². The maximum Gasteiger partial charge on any atom is 0.257 e. The molecule has 2 aromatic heterocycles. The summed E-state index contributed by atoms with van der Waals surface area (Å²) < 4.78 is 5.48. The van der Waals surface area contributed by atoms with Crippen molar-refractivity contribution >= 4 is 11.9 Å². The van der Waals surface area contributed by atoms with Crippen molar-refractivity contribution in [1.82, 2.24) is 19.8 Å². The van der Waals surface area contributed by atoms with Crippen LogP contribution >= 0.6 is 0 Å². The minimum Gasteiger partial charge on any atom is -0.466 e. The Morgan fingerprint density at radius 2 is 1.80 bits per heavy atom. The molecular weight excluding hydrogens is 318 g/mol. The number of rotatable bonds is 3. The fourth-order valence-electron chi connectivity index (χ4n) is 3.61. The van der Waals surface area contributed by atoms with Gasteiger partial charge in [-0.05, 0) is 26.0 Å². The van der Waals surface area contributed by atoms with Gasteiger partial charge in [-0.15, -0.1) is 0 Å². The standard InChI is InChI=1S/C18H23N5O2/c1-13-10-16(14(2)25-13)17(24)23-11-15(12-23)21-6-8-22(9-7-21)18-19-4-3-5-20-18/h3-5,10,15H,6-9,11-12H2,1-2H3. The van der Waals surface area contributed by atoms with Gasteiger partial charge in [0, 0.05) is 57.7 Å². The molecule has 7 heteroatoms. The van der Waals surface area contributed by atoms with Crippen LogP contribution in [0.5, 0.6) is 0 Å². The zero-order valence-corrected chi connectivity index (χ0v) is 14.7. The van der Waals surface area contributed by atoms with Crippen LogP contribution in [0.15, 0.2) is 28.9 Å². The second kappa shape index (κ2) is 6.48. The molecule has 2 aromatic rings. The van der Waals surface area contributed by atoms with Gasteiger partial charge < -0.3 is 14.2 Å². The number of hydrogen-bond donors (Lipinski definition) is 0. The van der Waals surface area contributed by atoms with Crippen LogP contribution < -0.4 is 4.90 Å². The minimum absolute atomic E-state index is 0.0851. The first kappa shape index (κ1) is 16.1. The summed E-state index contributed by atoms with van der Waals surface area (Å²) >= 11 is 0. The van der Waals surface area contributed by atoms with Gasteiger partial charge in [-0.1, -0.05) is 0 Å². The summed E-state index contributed by atoms with van der Waals surface area (Å²) in [5, 5.41) is 0. The average Bonchev–Trinajstić information content (AvgIpc) is 2.93. The first-order valence-corrected chi connectivity index (χ1v) is 8.74. The molecule has 0 saturated carbocycles. The summed E-state index contributed by atoms with van der Waals surface area (Å²) in [4.78, 5) is 27.8. The van der Waals surface area contributed by atoms with E-state index in [1.165, 1.54) is 0 Å². The number of carbonyl (C=O) groups is 1. The third-order valence-corrected chi connectivity index (χ3v) is 5.09. The number of hydrogen-bond acceptors (Lipinski definition) is 6. The normalized spacial score (nSPS) is 19.1. The third-order valence-electron chi connectivity index (χ3n) is 5.09. The van der Waals surface area contributed by atoms with E-state index in [2.05, 4.69) is 19.8 Å². The summed E-state index contributed by atoms with van der Waals surface area (Å²) in [5.41, 5.74) is 0.696. The molecule has 0 atom stereocenters. The lowest BCUT2D eigenvalue weighted by molar-refractivity contribution is 0.0244. The molecule has 25 heavy (non-hydrogen) atoms. The smallest absolute Gasteiger partial charge is 0.257 e. The van der Waals surface area contributed by atoms with Crippen LogP contribution in [0.1, 0.15) is 21.9 Å². The van der Waals surface area contributed by atoms with Crippen molar-refractivity contribution in [1.29, 1.82) is 0 Å². The Hall–Kier alpha value is -2.41.